The number of aliphatic hydroxyl groups is 1. The van der Waals surface area contributed by atoms with Crippen LogP contribution in [0, 0.1) is 5.92 Å². The van der Waals surface area contributed by atoms with Crippen molar-refractivity contribution in [1.29, 1.82) is 0 Å². The van der Waals surface area contributed by atoms with E-state index in [-0.39, 0.29) is 11.5 Å². The van der Waals surface area contributed by atoms with Crippen LogP contribution in [0.2, 0.25) is 0 Å². The van der Waals surface area contributed by atoms with E-state index in [1.165, 1.54) is 11.3 Å². The molecule has 0 saturated carbocycles. The Morgan fingerprint density at radius 2 is 2.00 bits per heavy atom. The molecule has 0 bridgehead atoms. The summed E-state index contributed by atoms with van der Waals surface area (Å²) in [5.74, 6) is 1.96. The summed E-state index contributed by atoms with van der Waals surface area (Å²) in [6.07, 6.45) is 4.66. The summed E-state index contributed by atoms with van der Waals surface area (Å²) in [6.45, 7) is 3.24. The van der Waals surface area contributed by atoms with E-state index in [1.54, 1.807) is 14.2 Å². The second kappa shape index (κ2) is 6.08. The van der Waals surface area contributed by atoms with Gasteiger partial charge in [0.15, 0.2) is 11.5 Å². The van der Waals surface area contributed by atoms with Crippen molar-refractivity contribution in [3.63, 3.8) is 0 Å². The first-order valence-electron chi connectivity index (χ1n) is 8.40. The third kappa shape index (κ3) is 2.40. The summed E-state index contributed by atoms with van der Waals surface area (Å²) >= 11 is 0. The minimum atomic E-state index is -0.344. The van der Waals surface area contributed by atoms with Gasteiger partial charge in [-0.25, -0.2) is 0 Å². The van der Waals surface area contributed by atoms with Crippen LogP contribution in [-0.2, 0) is 5.41 Å². The summed E-state index contributed by atoms with van der Waals surface area (Å²) < 4.78 is 10.9. The highest BCUT2D eigenvalue weighted by Crippen LogP contribution is 2.54. The Kier molecular flexibility index (Phi) is 4.28. The van der Waals surface area contributed by atoms with E-state index in [9.17, 15) is 5.11 Å². The molecule has 1 aliphatic heterocycles. The zero-order valence-corrected chi connectivity index (χ0v) is 14.5. The third-order valence-electron chi connectivity index (χ3n) is 5.67. The number of hydrogen-bond acceptors (Lipinski definition) is 4. The number of rotatable bonds is 4. The van der Waals surface area contributed by atoms with Crippen LogP contribution in [0.4, 0.5) is 0 Å². The van der Waals surface area contributed by atoms with Gasteiger partial charge in [-0.05, 0) is 42.5 Å². The molecule has 126 valence electrons. The van der Waals surface area contributed by atoms with Gasteiger partial charge in [0.1, 0.15) is 0 Å². The molecule has 1 heterocycles. The standard InChI is InChI=1S/C19H27NO3/c1-5-13-10-15(21)12-18-19(13,8-9-20(18)2)14-6-7-16(22-3)17(11-14)23-4/h6-7,11-13,15,21H,5,8-10H2,1-4H3/t13-,15+,19-/m1/s1. The highest BCUT2D eigenvalue weighted by Gasteiger charge is 2.50. The number of allylic oxidation sites excluding steroid dienone is 1. The number of fused-ring (bicyclic) bond motifs is 1. The number of nitrogens with zero attached hydrogens (tertiary/aromatic N) is 1. The summed E-state index contributed by atoms with van der Waals surface area (Å²) in [4.78, 5) is 2.29. The fourth-order valence-electron chi connectivity index (χ4n) is 4.52. The highest BCUT2D eigenvalue weighted by molar-refractivity contribution is 5.50. The second-order valence-corrected chi connectivity index (χ2v) is 6.67. The van der Waals surface area contributed by atoms with Gasteiger partial charge in [-0.1, -0.05) is 19.4 Å². The van der Waals surface area contributed by atoms with Gasteiger partial charge in [0.2, 0.25) is 0 Å². The predicted molar refractivity (Wildman–Crippen MR) is 91.0 cm³/mol. The van der Waals surface area contributed by atoms with Crippen molar-refractivity contribution >= 4 is 0 Å². The smallest absolute Gasteiger partial charge is 0.161 e. The Morgan fingerprint density at radius 3 is 2.65 bits per heavy atom. The molecule has 1 N–H and O–H groups in total. The zero-order valence-electron chi connectivity index (χ0n) is 14.5. The lowest BCUT2D eigenvalue weighted by Crippen LogP contribution is -2.41. The van der Waals surface area contributed by atoms with Gasteiger partial charge in [0.05, 0.1) is 20.3 Å². The molecule has 0 radical (unpaired) electrons. The van der Waals surface area contributed by atoms with E-state index >= 15 is 0 Å². The van der Waals surface area contributed by atoms with Crippen molar-refractivity contribution in [2.24, 2.45) is 5.92 Å². The van der Waals surface area contributed by atoms with Crippen LogP contribution in [0.5, 0.6) is 11.5 Å². The monoisotopic (exact) mass is 317 g/mol. The Labute approximate surface area is 138 Å². The van der Waals surface area contributed by atoms with E-state index in [2.05, 4.69) is 37.1 Å². The first-order chi connectivity index (χ1) is 11.1. The third-order valence-corrected chi connectivity index (χ3v) is 5.67. The topological polar surface area (TPSA) is 41.9 Å². The van der Waals surface area contributed by atoms with Crippen LogP contribution in [0.25, 0.3) is 0 Å². The largest absolute Gasteiger partial charge is 0.493 e. The van der Waals surface area contributed by atoms with Crippen LogP contribution < -0.4 is 9.47 Å². The number of likely N-dealkylation sites (tertiary alicyclic amines) is 1. The van der Waals surface area contributed by atoms with E-state index in [4.69, 9.17) is 9.47 Å². The quantitative estimate of drug-likeness (QED) is 0.927. The van der Waals surface area contributed by atoms with Crippen LogP contribution in [0.3, 0.4) is 0 Å². The van der Waals surface area contributed by atoms with Gasteiger partial charge in [-0.3, -0.25) is 0 Å². The van der Waals surface area contributed by atoms with Crippen LogP contribution >= 0.6 is 0 Å². The predicted octanol–water partition coefficient (Wildman–Crippen LogP) is 2.95. The van der Waals surface area contributed by atoms with Crippen LogP contribution in [0.1, 0.15) is 31.7 Å². The lowest BCUT2D eigenvalue weighted by atomic mass is 9.62. The molecule has 1 aromatic carbocycles. The lowest BCUT2D eigenvalue weighted by molar-refractivity contribution is 0.134. The van der Waals surface area contributed by atoms with Crippen LogP contribution in [-0.4, -0.2) is 43.9 Å². The Morgan fingerprint density at radius 1 is 1.26 bits per heavy atom. The maximum Gasteiger partial charge on any atom is 0.161 e. The number of hydrogen-bond donors (Lipinski definition) is 1. The van der Waals surface area contributed by atoms with Gasteiger partial charge in [-0.2, -0.15) is 0 Å². The molecule has 0 aromatic heterocycles. The van der Waals surface area contributed by atoms with E-state index in [1.807, 2.05) is 6.07 Å². The van der Waals surface area contributed by atoms with Crippen molar-refractivity contribution in [3.05, 3.63) is 35.5 Å². The molecule has 2 aliphatic rings. The normalized spacial score (nSPS) is 30.0. The van der Waals surface area contributed by atoms with E-state index < -0.39 is 0 Å². The molecule has 0 amide bonds. The van der Waals surface area contributed by atoms with Crippen molar-refractivity contribution in [1.82, 2.24) is 4.90 Å². The zero-order chi connectivity index (χ0) is 16.6. The van der Waals surface area contributed by atoms with Gasteiger partial charge >= 0.3 is 0 Å². The maximum absolute atomic E-state index is 10.3. The Bertz CT molecular complexity index is 613. The van der Waals surface area contributed by atoms with Gasteiger partial charge in [0.25, 0.3) is 0 Å². The first-order valence-corrected chi connectivity index (χ1v) is 8.40. The van der Waals surface area contributed by atoms with Crippen molar-refractivity contribution in [2.45, 2.75) is 37.7 Å². The molecule has 1 aromatic rings. The lowest BCUT2D eigenvalue weighted by Gasteiger charge is -2.44. The summed E-state index contributed by atoms with van der Waals surface area (Å²) in [5, 5.41) is 10.3. The Balaban J connectivity index is 2.15. The molecule has 0 unspecified atom stereocenters. The first kappa shape index (κ1) is 16.2. The minimum Gasteiger partial charge on any atom is -0.493 e. The molecule has 0 spiro atoms. The fraction of sp³-hybridized carbons (Fsp3) is 0.579. The maximum atomic E-state index is 10.3. The number of aliphatic hydroxyl groups excluding tert-OH is 1. The molecule has 4 nitrogen and oxygen atoms in total. The molecule has 1 saturated heterocycles. The molecular weight excluding hydrogens is 290 g/mol. The van der Waals surface area contributed by atoms with Gasteiger partial charge < -0.3 is 19.5 Å². The average molecular weight is 317 g/mol. The second-order valence-electron chi connectivity index (χ2n) is 6.67. The molecule has 3 atom stereocenters. The molecule has 4 heteroatoms. The van der Waals surface area contributed by atoms with Gasteiger partial charge in [-0.15, -0.1) is 0 Å². The SMILES string of the molecule is CC[C@@H]1C[C@H](O)C=C2N(C)CC[C@@]21c1ccc(OC)c(OC)c1. The number of methoxy groups -OCH3 is 2. The molecule has 1 fully saturated rings. The van der Waals surface area contributed by atoms with Crippen molar-refractivity contribution in [2.75, 3.05) is 27.8 Å². The number of likely N-dealkylation sites (N-methyl/N-ethyl adjacent to an activating group) is 1. The molecule has 1 aliphatic carbocycles. The molecule has 3 rings (SSSR count). The van der Waals surface area contributed by atoms with Crippen molar-refractivity contribution in [3.8, 4) is 11.5 Å². The van der Waals surface area contributed by atoms with Gasteiger partial charge in [0, 0.05) is 24.7 Å². The average Bonchev–Trinajstić information content (AvgIpc) is 2.91. The number of benzene rings is 1. The molecule has 23 heavy (non-hydrogen) atoms. The summed E-state index contributed by atoms with van der Waals surface area (Å²) in [7, 11) is 5.47. The van der Waals surface area contributed by atoms with Crippen LogP contribution in [0.15, 0.2) is 30.0 Å². The fourth-order valence-corrected chi connectivity index (χ4v) is 4.52. The Hall–Kier alpha value is -1.68. The van der Waals surface area contributed by atoms with E-state index in [0.717, 1.165) is 37.3 Å². The summed E-state index contributed by atoms with van der Waals surface area (Å²) in [5.41, 5.74) is 2.50. The summed E-state index contributed by atoms with van der Waals surface area (Å²) in [6, 6.07) is 6.28. The molecular formula is C19H27NO3. The van der Waals surface area contributed by atoms with Crippen molar-refractivity contribution < 1.29 is 14.6 Å². The minimum absolute atomic E-state index is 0.0255. The highest BCUT2D eigenvalue weighted by atomic mass is 16.5. The number of ether oxygens (including phenoxy) is 2. The van der Waals surface area contributed by atoms with E-state index in [0.29, 0.717) is 5.92 Å².